The smallest absolute Gasteiger partial charge is 0.408 e. The molecule has 11 atom stereocenters. The molecule has 14 nitrogen and oxygen atoms in total. The van der Waals surface area contributed by atoms with Crippen LogP contribution in [0.4, 0.5) is 4.79 Å². The monoisotopic (exact) mass is 951 g/mol. The number of alkyl carbamates (subject to hydrolysis) is 1. The Morgan fingerprint density at radius 1 is 0.909 bits per heavy atom. The Labute approximate surface area is 392 Å². The van der Waals surface area contributed by atoms with Crippen molar-refractivity contribution in [1.29, 1.82) is 0 Å². The molecule has 2 bridgehead atoms. The molecule has 1 saturated heterocycles. The van der Waals surface area contributed by atoms with Crippen molar-refractivity contribution in [2.24, 2.45) is 16.7 Å². The van der Waals surface area contributed by atoms with E-state index in [0.717, 1.165) is 18.1 Å². The quantitative estimate of drug-likeness (QED) is 0.0627. The highest BCUT2D eigenvalue weighted by molar-refractivity contribution is 6.73. The Morgan fingerprint density at radius 2 is 1.48 bits per heavy atom. The number of carbonyl (C=O) groups is 4. The number of ketones is 1. The lowest BCUT2D eigenvalue weighted by Gasteiger charge is -2.67. The molecule has 16 heteroatoms. The molecule has 6 rings (SSSR count). The van der Waals surface area contributed by atoms with Crippen molar-refractivity contribution in [1.82, 2.24) is 5.32 Å². The summed E-state index contributed by atoms with van der Waals surface area (Å²) < 4.78 is 38.5. The zero-order chi connectivity index (χ0) is 49.0. The third-order valence-corrected chi connectivity index (χ3v) is 20.6. The average molecular weight is 952 g/mol. The highest BCUT2D eigenvalue weighted by atomic mass is 28.4. The van der Waals surface area contributed by atoms with E-state index < -0.39 is 117 Å². The number of carbonyl (C=O) groups excluding carboxylic acids is 4. The van der Waals surface area contributed by atoms with Crippen molar-refractivity contribution in [3.63, 3.8) is 0 Å². The van der Waals surface area contributed by atoms with Gasteiger partial charge in [0, 0.05) is 24.2 Å². The van der Waals surface area contributed by atoms with E-state index in [-0.39, 0.29) is 30.6 Å². The number of hydrogen-bond donors (Lipinski definition) is 4. The molecule has 0 aromatic heterocycles. The summed E-state index contributed by atoms with van der Waals surface area (Å²) in [4.78, 5) is 58.7. The molecule has 1 amide bonds. The van der Waals surface area contributed by atoms with Gasteiger partial charge in [-0.25, -0.2) is 14.4 Å². The SMILES string of the molecule is CC[Si](CC)(CC)OC1CC2OCC2(O)C2C(OC(=O)c3ccccc3)C3(O)CC(OC(=O)C(O[Si](C)(C)C)C(NC(=O)OC(C)(C)C)c4ccccc4)C(C)=C(C(O)C(=O)C12C)C3(C)C. The van der Waals surface area contributed by atoms with Crippen LogP contribution >= 0.6 is 0 Å². The summed E-state index contributed by atoms with van der Waals surface area (Å²) >= 11 is 0. The molecule has 2 saturated carbocycles. The standard InChI is InChI=1S/C50H73NO13Si2/c1-14-66(15-2,16-3)63-34-27-35-49(57,29-59-35)40-42(61-43(54)32-25-21-18-22-26-32)50(58)28-33(30(4)36(47(50,8)9)38(52)41(53)48(34,40)10)60-44(55)39(64-65(11,12)13)37(31-23-19-17-20-24-31)51-45(56)62-46(5,6)7/h17-26,33-35,37-40,42,52,57-58H,14-16,27-29H2,1-13H3,(H,51,56). The molecule has 0 radical (unpaired) electrons. The maximum atomic E-state index is 15.7. The Bertz CT molecular complexity index is 2140. The van der Waals surface area contributed by atoms with Crippen LogP contribution in [0.1, 0.15) is 104 Å². The van der Waals surface area contributed by atoms with E-state index in [1.165, 1.54) is 0 Å². The van der Waals surface area contributed by atoms with Crippen LogP contribution in [0.5, 0.6) is 0 Å². The van der Waals surface area contributed by atoms with E-state index in [2.05, 4.69) is 26.1 Å². The van der Waals surface area contributed by atoms with Gasteiger partial charge in [-0.15, -0.1) is 0 Å². The molecule has 4 aliphatic rings. The summed E-state index contributed by atoms with van der Waals surface area (Å²) in [5.74, 6) is -3.76. The van der Waals surface area contributed by atoms with Gasteiger partial charge in [0.2, 0.25) is 0 Å². The number of aliphatic hydroxyl groups excluding tert-OH is 1. The van der Waals surface area contributed by atoms with Crippen LogP contribution in [0, 0.1) is 16.7 Å². The van der Waals surface area contributed by atoms with E-state index in [1.807, 2.05) is 19.6 Å². The van der Waals surface area contributed by atoms with Crippen LogP contribution in [0.25, 0.3) is 0 Å². The Morgan fingerprint density at radius 3 is 2.00 bits per heavy atom. The first-order valence-electron chi connectivity index (χ1n) is 23.5. The molecule has 1 aliphatic heterocycles. The minimum absolute atomic E-state index is 0.0938. The fourth-order valence-corrected chi connectivity index (χ4v) is 15.0. The molecule has 0 spiro atoms. The summed E-state index contributed by atoms with van der Waals surface area (Å²) in [6.45, 7) is 23.5. The molecule has 2 aromatic rings. The number of rotatable bonds is 14. The number of Topliss-reactive ketones (excluding diaryl/α,β-unsaturated/α-hetero) is 1. The van der Waals surface area contributed by atoms with Gasteiger partial charge >= 0.3 is 18.0 Å². The zero-order valence-corrected chi connectivity index (χ0v) is 43.1. The minimum atomic E-state index is -2.64. The van der Waals surface area contributed by atoms with Crippen molar-refractivity contribution in [2.45, 2.75) is 179 Å². The van der Waals surface area contributed by atoms with Crippen molar-refractivity contribution >= 4 is 40.4 Å². The second-order valence-corrected chi connectivity index (χ2v) is 30.7. The van der Waals surface area contributed by atoms with Crippen LogP contribution in [0.2, 0.25) is 37.8 Å². The summed E-state index contributed by atoms with van der Waals surface area (Å²) in [6.07, 6.45) is -9.10. The van der Waals surface area contributed by atoms with E-state index in [4.69, 9.17) is 27.8 Å². The highest BCUT2D eigenvalue weighted by Gasteiger charge is 2.77. The molecule has 3 aliphatic carbocycles. The van der Waals surface area contributed by atoms with Gasteiger partial charge in [0.15, 0.2) is 28.5 Å². The van der Waals surface area contributed by atoms with Gasteiger partial charge < -0.3 is 48.4 Å². The van der Waals surface area contributed by atoms with Gasteiger partial charge in [0.25, 0.3) is 0 Å². The highest BCUT2D eigenvalue weighted by Crippen LogP contribution is 2.64. The fraction of sp³-hybridized carbons (Fsp3) is 0.640. The van der Waals surface area contributed by atoms with Gasteiger partial charge in [0.1, 0.15) is 35.1 Å². The molecule has 11 unspecified atom stereocenters. The summed E-state index contributed by atoms with van der Waals surface area (Å²) in [5, 5.41) is 42.4. The molecule has 3 fully saturated rings. The largest absolute Gasteiger partial charge is 0.456 e. The van der Waals surface area contributed by atoms with Gasteiger partial charge in [-0.1, -0.05) is 83.1 Å². The molecular formula is C50H73NO13Si2. The van der Waals surface area contributed by atoms with E-state index in [0.29, 0.717) is 11.1 Å². The van der Waals surface area contributed by atoms with Crippen LogP contribution in [0.3, 0.4) is 0 Å². The van der Waals surface area contributed by atoms with E-state index in [9.17, 15) is 24.9 Å². The van der Waals surface area contributed by atoms with E-state index in [1.54, 1.807) is 109 Å². The van der Waals surface area contributed by atoms with Crippen LogP contribution < -0.4 is 5.32 Å². The van der Waals surface area contributed by atoms with Crippen LogP contribution in [-0.2, 0) is 37.4 Å². The first kappa shape index (κ1) is 51.6. The van der Waals surface area contributed by atoms with Gasteiger partial charge in [-0.3, -0.25) is 4.79 Å². The predicted molar refractivity (Wildman–Crippen MR) is 252 cm³/mol. The number of fused-ring (bicyclic) bond motifs is 5. The second-order valence-electron chi connectivity index (χ2n) is 21.6. The lowest BCUT2D eigenvalue weighted by molar-refractivity contribution is -0.342. The number of esters is 2. The van der Waals surface area contributed by atoms with Gasteiger partial charge in [-0.05, 0) is 101 Å². The summed E-state index contributed by atoms with van der Waals surface area (Å²) in [6, 6.07) is 18.2. The molecule has 364 valence electrons. The van der Waals surface area contributed by atoms with Crippen molar-refractivity contribution in [2.75, 3.05) is 6.61 Å². The predicted octanol–water partition coefficient (Wildman–Crippen LogP) is 7.58. The number of hydrogen-bond acceptors (Lipinski definition) is 13. The molecular weight excluding hydrogens is 879 g/mol. The summed E-state index contributed by atoms with van der Waals surface area (Å²) in [5.41, 5.74) is -7.10. The maximum absolute atomic E-state index is 15.7. The van der Waals surface area contributed by atoms with Crippen LogP contribution in [0.15, 0.2) is 71.8 Å². The summed E-state index contributed by atoms with van der Waals surface area (Å²) in [7, 11) is -5.16. The molecule has 4 N–H and O–H groups in total. The molecule has 1 heterocycles. The minimum Gasteiger partial charge on any atom is -0.456 e. The lowest BCUT2D eigenvalue weighted by atomic mass is 9.44. The fourth-order valence-electron chi connectivity index (χ4n) is 11.1. The third kappa shape index (κ3) is 9.37. The Kier molecular flexibility index (Phi) is 14.6. The first-order valence-corrected chi connectivity index (χ1v) is 29.4. The Balaban J connectivity index is 1.54. The number of nitrogens with one attached hydrogen (secondary N) is 1. The van der Waals surface area contributed by atoms with Crippen molar-refractivity contribution in [3.8, 4) is 0 Å². The second kappa shape index (κ2) is 18.6. The van der Waals surface area contributed by atoms with E-state index >= 15 is 9.59 Å². The molecule has 2 aromatic carbocycles. The number of benzene rings is 2. The number of ether oxygens (including phenoxy) is 4. The maximum Gasteiger partial charge on any atom is 0.408 e. The number of amides is 1. The van der Waals surface area contributed by atoms with Crippen LogP contribution in [-0.4, -0.2) is 116 Å². The normalized spacial score (nSPS) is 31.7. The van der Waals surface area contributed by atoms with Crippen molar-refractivity contribution in [3.05, 3.63) is 82.9 Å². The lowest BCUT2D eigenvalue weighted by Crippen LogP contribution is -2.81. The zero-order valence-electron chi connectivity index (χ0n) is 41.1. The average Bonchev–Trinajstić information content (AvgIpc) is 3.24. The third-order valence-electron chi connectivity index (χ3n) is 15.0. The first-order chi connectivity index (χ1) is 30.6. The Hall–Kier alpha value is -3.75. The van der Waals surface area contributed by atoms with Gasteiger partial charge in [0.05, 0.1) is 35.8 Å². The number of aliphatic hydroxyl groups is 3. The molecule has 66 heavy (non-hydrogen) atoms. The topological polar surface area (TPSA) is 196 Å². The van der Waals surface area contributed by atoms with Gasteiger partial charge in [-0.2, -0.15) is 0 Å². The van der Waals surface area contributed by atoms with Crippen molar-refractivity contribution < 1.29 is 62.3 Å².